The van der Waals surface area contributed by atoms with Crippen LogP contribution in [0.4, 0.5) is 0 Å². The van der Waals surface area contributed by atoms with E-state index in [0.717, 1.165) is 0 Å². The Morgan fingerprint density at radius 2 is 1.82 bits per heavy atom. The highest BCUT2D eigenvalue weighted by atomic mass is 79.9. The van der Waals surface area contributed by atoms with E-state index in [1.165, 1.54) is 12.0 Å². The van der Waals surface area contributed by atoms with Crippen LogP contribution in [0.2, 0.25) is 0 Å². The van der Waals surface area contributed by atoms with Gasteiger partial charge >= 0.3 is 5.97 Å². The summed E-state index contributed by atoms with van der Waals surface area (Å²) < 4.78 is 18.7. The number of allylic oxidation sites excluding steroid dienone is 1. The molecule has 7 atom stereocenters. The molecular formula is C32H40BrN3O8. The summed E-state index contributed by atoms with van der Waals surface area (Å²) in [6.45, 7) is 5.52. The number of hydrogen-bond acceptors (Lipinski definition) is 8. The fourth-order valence-electron chi connectivity index (χ4n) is 6.86. The molecule has 0 aliphatic carbocycles. The van der Waals surface area contributed by atoms with E-state index in [0.29, 0.717) is 16.5 Å². The van der Waals surface area contributed by atoms with Gasteiger partial charge in [0.05, 0.1) is 25.2 Å². The molecule has 3 amide bonds. The highest BCUT2D eigenvalue weighted by Crippen LogP contribution is 2.59. The average Bonchev–Trinajstić information content (AvgIpc) is 3.56. The van der Waals surface area contributed by atoms with Crippen LogP contribution < -0.4 is 5.32 Å². The van der Waals surface area contributed by atoms with Crippen molar-refractivity contribution in [1.29, 1.82) is 0 Å². The number of fused-ring (bicyclic) bond motifs is 2. The number of aliphatic hydroxyl groups excluding tert-OH is 1. The molecule has 5 bridgehead atoms. The minimum atomic E-state index is -1.44. The Morgan fingerprint density at radius 3 is 2.48 bits per heavy atom. The number of esters is 1. The quantitative estimate of drug-likeness (QED) is 0.359. The summed E-state index contributed by atoms with van der Waals surface area (Å²) >= 11 is 3.55. The lowest BCUT2D eigenvalue weighted by Gasteiger charge is -2.41. The molecule has 0 radical (unpaired) electrons. The third-order valence-corrected chi connectivity index (χ3v) is 9.45. The predicted octanol–water partition coefficient (Wildman–Crippen LogP) is 2.24. The first-order valence-electron chi connectivity index (χ1n) is 14.9. The number of aliphatic hydroxyl groups is 1. The highest BCUT2D eigenvalue weighted by Gasteiger charge is 2.75. The number of carbonyl (C=O) groups excluding carboxylic acids is 4. The van der Waals surface area contributed by atoms with E-state index < -0.39 is 59.1 Å². The summed E-state index contributed by atoms with van der Waals surface area (Å²) in [5.74, 6) is -3.89. The van der Waals surface area contributed by atoms with Crippen LogP contribution in [0.15, 0.2) is 53.0 Å². The first-order chi connectivity index (χ1) is 20.9. The van der Waals surface area contributed by atoms with Crippen LogP contribution >= 0.6 is 15.9 Å². The van der Waals surface area contributed by atoms with Gasteiger partial charge in [0.1, 0.15) is 29.8 Å². The molecule has 4 aliphatic rings. The monoisotopic (exact) mass is 673 g/mol. The smallest absolute Gasteiger partial charge is 0.313 e. The molecule has 0 saturated carbocycles. The van der Waals surface area contributed by atoms with Gasteiger partial charge in [0.2, 0.25) is 17.7 Å². The number of rotatable bonds is 5. The Balaban J connectivity index is 1.63. The first-order valence-corrected chi connectivity index (χ1v) is 15.7. The zero-order chi connectivity index (χ0) is 31.8. The van der Waals surface area contributed by atoms with Gasteiger partial charge in [-0.3, -0.25) is 19.2 Å². The van der Waals surface area contributed by atoms with Crippen molar-refractivity contribution in [2.45, 2.75) is 69.0 Å². The summed E-state index contributed by atoms with van der Waals surface area (Å²) in [7, 11) is 1.50. The maximum atomic E-state index is 14.5. The number of carbonyl (C=O) groups is 4. The standard InChI is InChI=1S/C32H40BrN3O8/c1-31(2,3)36-14-10-6-9-13-22(38)34-21(18-42-4)25(19-11-7-5-8-12-19)43-30(41)23-24-28(39)35(15-16-37)27(29(36)40)32(24)17-20(33)26(23)44-32/h5-8,10-12,17,21,23-27,37H,9,13-16,18H2,1-4H3,(H,34,38)/b10-6-/t21-,23+,24-,25-,26+,27+,32-/m0/s1. The number of benzene rings is 1. The largest absolute Gasteiger partial charge is 0.455 e. The molecule has 0 aromatic heterocycles. The normalized spacial score (nSPS) is 33.6. The number of ether oxygens (including phenoxy) is 3. The fourth-order valence-corrected chi connectivity index (χ4v) is 7.60. The van der Waals surface area contributed by atoms with E-state index in [4.69, 9.17) is 14.2 Å². The van der Waals surface area contributed by atoms with Gasteiger partial charge in [0.25, 0.3) is 0 Å². The summed E-state index contributed by atoms with van der Waals surface area (Å²) in [4.78, 5) is 58.9. The molecule has 2 saturated heterocycles. The molecule has 0 unspecified atom stereocenters. The van der Waals surface area contributed by atoms with E-state index in [1.807, 2.05) is 51.1 Å². The van der Waals surface area contributed by atoms with E-state index in [-0.39, 0.29) is 44.5 Å². The van der Waals surface area contributed by atoms with Crippen LogP contribution in [-0.2, 0) is 33.4 Å². The summed E-state index contributed by atoms with van der Waals surface area (Å²) in [5, 5.41) is 12.9. The van der Waals surface area contributed by atoms with E-state index >= 15 is 0 Å². The molecule has 238 valence electrons. The lowest BCUT2D eigenvalue weighted by molar-refractivity contribution is -0.162. The summed E-state index contributed by atoms with van der Waals surface area (Å²) in [5.41, 5.74) is -1.45. The molecule has 44 heavy (non-hydrogen) atoms. The Bertz CT molecular complexity index is 1340. The molecule has 1 aromatic carbocycles. The van der Waals surface area contributed by atoms with E-state index in [1.54, 1.807) is 23.1 Å². The predicted molar refractivity (Wildman–Crippen MR) is 163 cm³/mol. The lowest BCUT2D eigenvalue weighted by atomic mass is 9.74. The number of cyclic esters (lactones) is 1. The van der Waals surface area contributed by atoms with Crippen molar-refractivity contribution in [3.05, 3.63) is 58.6 Å². The second-order valence-electron chi connectivity index (χ2n) is 12.6. The van der Waals surface area contributed by atoms with Gasteiger partial charge in [-0.05, 0) is 38.8 Å². The minimum absolute atomic E-state index is 0.0658. The Labute approximate surface area is 265 Å². The molecule has 5 rings (SSSR count). The van der Waals surface area contributed by atoms with Crippen LogP contribution in [0.25, 0.3) is 0 Å². The molecule has 2 N–H and O–H groups in total. The molecule has 1 aromatic rings. The number of methoxy groups -OCH3 is 1. The molecule has 11 nitrogen and oxygen atoms in total. The Kier molecular flexibility index (Phi) is 9.36. The van der Waals surface area contributed by atoms with Crippen molar-refractivity contribution < 1.29 is 38.5 Å². The van der Waals surface area contributed by atoms with Gasteiger partial charge in [-0.1, -0.05) is 58.4 Å². The third-order valence-electron chi connectivity index (χ3n) is 8.77. The van der Waals surface area contributed by atoms with Gasteiger partial charge in [0, 0.05) is 36.6 Å². The van der Waals surface area contributed by atoms with Crippen LogP contribution in [0.5, 0.6) is 0 Å². The molecule has 4 aliphatic heterocycles. The van der Waals surface area contributed by atoms with Crippen LogP contribution in [-0.4, -0.2) is 101 Å². The van der Waals surface area contributed by atoms with Crippen molar-refractivity contribution in [2.75, 3.05) is 33.4 Å². The minimum Gasteiger partial charge on any atom is -0.455 e. The van der Waals surface area contributed by atoms with Crippen molar-refractivity contribution in [1.82, 2.24) is 15.1 Å². The third kappa shape index (κ3) is 5.73. The highest BCUT2D eigenvalue weighted by molar-refractivity contribution is 9.11. The maximum Gasteiger partial charge on any atom is 0.313 e. The summed E-state index contributed by atoms with van der Waals surface area (Å²) in [6.07, 6.45) is 4.23. The van der Waals surface area contributed by atoms with Crippen molar-refractivity contribution in [2.24, 2.45) is 11.8 Å². The van der Waals surface area contributed by atoms with Crippen molar-refractivity contribution >= 4 is 39.6 Å². The molecule has 12 heteroatoms. The van der Waals surface area contributed by atoms with Crippen LogP contribution in [0.1, 0.15) is 45.3 Å². The zero-order valence-corrected chi connectivity index (χ0v) is 27.0. The second-order valence-corrected chi connectivity index (χ2v) is 13.5. The number of amides is 3. The zero-order valence-electron chi connectivity index (χ0n) is 25.4. The van der Waals surface area contributed by atoms with Gasteiger partial charge in [0.15, 0.2) is 0 Å². The maximum absolute atomic E-state index is 14.5. The topological polar surface area (TPSA) is 135 Å². The number of hydrogen-bond donors (Lipinski definition) is 2. The van der Waals surface area contributed by atoms with Crippen molar-refractivity contribution in [3.8, 4) is 0 Å². The van der Waals surface area contributed by atoms with Crippen LogP contribution in [0.3, 0.4) is 0 Å². The lowest BCUT2D eigenvalue weighted by Crippen LogP contribution is -2.59. The fraction of sp³-hybridized carbons (Fsp3) is 0.562. The molecular weight excluding hydrogens is 634 g/mol. The first kappa shape index (κ1) is 32.3. The number of nitrogens with zero attached hydrogens (tertiary/aromatic N) is 2. The Morgan fingerprint density at radius 1 is 1.09 bits per heavy atom. The van der Waals surface area contributed by atoms with Crippen molar-refractivity contribution in [3.63, 3.8) is 0 Å². The van der Waals surface area contributed by atoms with E-state index in [9.17, 15) is 24.3 Å². The van der Waals surface area contributed by atoms with Gasteiger partial charge < -0.3 is 34.4 Å². The molecule has 1 spiro atoms. The SMILES string of the molecule is COC[C@@H]1NC(=O)CC/C=C\CN(C(C)(C)C)C(=O)[C@H]2N(CCO)C(=O)[C@@H]3[C@@H](C(=O)O[C@H]1c1ccccc1)[C@@H]1O[C@@]32C=C1Br. The number of likely N-dealkylation sites (tertiary alicyclic amines) is 1. The number of nitrogens with one attached hydrogen (secondary N) is 1. The second kappa shape index (κ2) is 12.7. The molecule has 4 heterocycles. The number of halogens is 1. The van der Waals surface area contributed by atoms with Gasteiger partial charge in [-0.25, -0.2) is 0 Å². The number of β-amino-alcohol motifs (C(OH)–C–C–N with tert-alkyl or cyclic N) is 1. The average molecular weight is 675 g/mol. The Hall–Kier alpha value is -3.06. The van der Waals surface area contributed by atoms with Gasteiger partial charge in [-0.15, -0.1) is 0 Å². The van der Waals surface area contributed by atoms with Gasteiger partial charge in [-0.2, -0.15) is 0 Å². The van der Waals surface area contributed by atoms with Crippen LogP contribution in [0, 0.1) is 11.8 Å². The molecule has 2 fully saturated rings. The summed E-state index contributed by atoms with van der Waals surface area (Å²) in [6, 6.07) is 7.21. The van der Waals surface area contributed by atoms with E-state index in [2.05, 4.69) is 21.2 Å².